The van der Waals surface area contributed by atoms with Gasteiger partial charge >= 0.3 is 0 Å². The number of benzene rings is 1. The standard InChI is InChI=1S/C12H14Cl3NO/c1-7(13)5-8(2)16-12(17)9-3-4-10(14)11(15)6-9/h3-4,6-8H,5H2,1-2H3,(H,16,17). The lowest BCUT2D eigenvalue weighted by molar-refractivity contribution is 0.0938. The van der Waals surface area contributed by atoms with Crippen LogP contribution < -0.4 is 5.32 Å². The molecule has 1 aromatic carbocycles. The third-order valence-electron chi connectivity index (χ3n) is 2.24. The van der Waals surface area contributed by atoms with Crippen LogP contribution in [0.25, 0.3) is 0 Å². The van der Waals surface area contributed by atoms with Gasteiger partial charge in [0.25, 0.3) is 5.91 Å². The second-order valence-corrected chi connectivity index (χ2v) is 5.58. The molecule has 0 bridgehead atoms. The number of alkyl halides is 1. The summed E-state index contributed by atoms with van der Waals surface area (Å²) in [5.41, 5.74) is 0.494. The van der Waals surface area contributed by atoms with Gasteiger partial charge in [-0.25, -0.2) is 0 Å². The molecule has 0 aromatic heterocycles. The maximum atomic E-state index is 11.8. The molecular formula is C12H14Cl3NO. The van der Waals surface area contributed by atoms with Gasteiger partial charge in [0.1, 0.15) is 0 Å². The van der Waals surface area contributed by atoms with Gasteiger partial charge in [-0.05, 0) is 38.5 Å². The number of nitrogens with one attached hydrogen (secondary N) is 1. The predicted octanol–water partition coefficient (Wildman–Crippen LogP) is 4.13. The number of rotatable bonds is 4. The highest BCUT2D eigenvalue weighted by Gasteiger charge is 2.12. The Labute approximate surface area is 116 Å². The minimum atomic E-state index is -0.173. The molecule has 1 aromatic rings. The molecule has 2 nitrogen and oxygen atoms in total. The Bertz CT molecular complexity index is 407. The Hall–Kier alpha value is -0.440. The van der Waals surface area contributed by atoms with Crippen molar-refractivity contribution in [1.29, 1.82) is 0 Å². The minimum Gasteiger partial charge on any atom is -0.350 e. The van der Waals surface area contributed by atoms with Gasteiger partial charge < -0.3 is 5.32 Å². The summed E-state index contributed by atoms with van der Waals surface area (Å²) >= 11 is 17.5. The zero-order valence-corrected chi connectivity index (χ0v) is 11.9. The van der Waals surface area contributed by atoms with E-state index in [1.807, 2.05) is 13.8 Å². The van der Waals surface area contributed by atoms with Crippen molar-refractivity contribution in [2.45, 2.75) is 31.7 Å². The molecule has 0 saturated heterocycles. The van der Waals surface area contributed by atoms with Crippen LogP contribution in [0.3, 0.4) is 0 Å². The second-order valence-electron chi connectivity index (χ2n) is 4.02. The molecule has 1 rings (SSSR count). The molecule has 2 atom stereocenters. The largest absolute Gasteiger partial charge is 0.350 e. The van der Waals surface area contributed by atoms with E-state index in [0.717, 1.165) is 0 Å². The molecule has 1 amide bonds. The Morgan fingerprint density at radius 2 is 1.94 bits per heavy atom. The van der Waals surface area contributed by atoms with E-state index in [0.29, 0.717) is 22.0 Å². The van der Waals surface area contributed by atoms with Crippen LogP contribution in [0, 0.1) is 0 Å². The van der Waals surface area contributed by atoms with Gasteiger partial charge in [-0.2, -0.15) is 0 Å². The van der Waals surface area contributed by atoms with Crippen LogP contribution in [0.15, 0.2) is 18.2 Å². The molecule has 0 saturated carbocycles. The molecule has 0 aliphatic rings. The summed E-state index contributed by atoms with van der Waals surface area (Å²) in [5, 5.41) is 3.68. The second kappa shape index (κ2) is 6.48. The lowest BCUT2D eigenvalue weighted by Crippen LogP contribution is -2.33. The SMILES string of the molecule is CC(Cl)CC(C)NC(=O)c1ccc(Cl)c(Cl)c1. The van der Waals surface area contributed by atoms with Crippen molar-refractivity contribution in [2.24, 2.45) is 0 Å². The molecule has 0 heterocycles. The third kappa shape index (κ3) is 4.74. The van der Waals surface area contributed by atoms with E-state index in [4.69, 9.17) is 34.8 Å². The molecule has 94 valence electrons. The van der Waals surface area contributed by atoms with Gasteiger partial charge in [-0.1, -0.05) is 23.2 Å². The zero-order chi connectivity index (χ0) is 13.0. The Morgan fingerprint density at radius 3 is 2.47 bits per heavy atom. The van der Waals surface area contributed by atoms with Crippen LogP contribution >= 0.6 is 34.8 Å². The van der Waals surface area contributed by atoms with Crippen molar-refractivity contribution in [3.63, 3.8) is 0 Å². The van der Waals surface area contributed by atoms with Gasteiger partial charge in [0, 0.05) is 17.0 Å². The van der Waals surface area contributed by atoms with Gasteiger partial charge in [-0.15, -0.1) is 11.6 Å². The molecule has 17 heavy (non-hydrogen) atoms. The summed E-state index contributed by atoms with van der Waals surface area (Å²) in [6.07, 6.45) is 0.717. The first kappa shape index (κ1) is 14.6. The Kier molecular flexibility index (Phi) is 5.57. The number of hydrogen-bond donors (Lipinski definition) is 1. The normalized spacial score (nSPS) is 14.2. The number of hydrogen-bond acceptors (Lipinski definition) is 1. The van der Waals surface area contributed by atoms with Crippen molar-refractivity contribution in [2.75, 3.05) is 0 Å². The topological polar surface area (TPSA) is 29.1 Å². The number of halogens is 3. The molecular weight excluding hydrogens is 280 g/mol. The summed E-state index contributed by atoms with van der Waals surface area (Å²) in [6, 6.07) is 4.81. The van der Waals surface area contributed by atoms with E-state index in [2.05, 4.69) is 5.32 Å². The third-order valence-corrected chi connectivity index (χ3v) is 3.15. The lowest BCUT2D eigenvalue weighted by atomic mass is 10.1. The van der Waals surface area contributed by atoms with Gasteiger partial charge in [0.15, 0.2) is 0 Å². The van der Waals surface area contributed by atoms with E-state index in [9.17, 15) is 4.79 Å². The maximum Gasteiger partial charge on any atom is 0.251 e. The maximum absolute atomic E-state index is 11.8. The highest BCUT2D eigenvalue weighted by molar-refractivity contribution is 6.42. The van der Waals surface area contributed by atoms with Crippen LogP contribution in [0.5, 0.6) is 0 Å². The molecule has 5 heteroatoms. The minimum absolute atomic E-state index is 0.0180. The molecule has 0 spiro atoms. The quantitative estimate of drug-likeness (QED) is 0.831. The van der Waals surface area contributed by atoms with E-state index in [1.165, 1.54) is 0 Å². The Balaban J connectivity index is 2.66. The van der Waals surface area contributed by atoms with Crippen LogP contribution in [0.4, 0.5) is 0 Å². The summed E-state index contributed by atoms with van der Waals surface area (Å²) < 4.78 is 0. The van der Waals surface area contributed by atoms with E-state index < -0.39 is 0 Å². The fraction of sp³-hybridized carbons (Fsp3) is 0.417. The predicted molar refractivity (Wildman–Crippen MR) is 73.3 cm³/mol. The summed E-state index contributed by atoms with van der Waals surface area (Å²) in [7, 11) is 0. The molecule has 0 radical (unpaired) electrons. The monoisotopic (exact) mass is 293 g/mol. The zero-order valence-electron chi connectivity index (χ0n) is 9.64. The highest BCUT2D eigenvalue weighted by atomic mass is 35.5. The van der Waals surface area contributed by atoms with Gasteiger partial charge in [0.2, 0.25) is 0 Å². The Morgan fingerprint density at radius 1 is 1.29 bits per heavy atom. The van der Waals surface area contributed by atoms with Crippen LogP contribution in [-0.4, -0.2) is 17.3 Å². The van der Waals surface area contributed by atoms with E-state index in [-0.39, 0.29) is 17.3 Å². The van der Waals surface area contributed by atoms with Crippen LogP contribution in [0.1, 0.15) is 30.6 Å². The fourth-order valence-electron chi connectivity index (χ4n) is 1.49. The van der Waals surface area contributed by atoms with Gasteiger partial charge in [-0.3, -0.25) is 4.79 Å². The molecule has 0 aliphatic heterocycles. The van der Waals surface area contributed by atoms with Crippen LogP contribution in [-0.2, 0) is 0 Å². The summed E-state index contributed by atoms with van der Waals surface area (Å²) in [5.74, 6) is -0.173. The highest BCUT2D eigenvalue weighted by Crippen LogP contribution is 2.22. The first-order chi connectivity index (χ1) is 7.90. The molecule has 0 aliphatic carbocycles. The molecule has 2 unspecified atom stereocenters. The van der Waals surface area contributed by atoms with E-state index in [1.54, 1.807) is 18.2 Å². The lowest BCUT2D eigenvalue weighted by Gasteiger charge is -2.15. The average molecular weight is 295 g/mol. The van der Waals surface area contributed by atoms with Crippen molar-refractivity contribution >= 4 is 40.7 Å². The average Bonchev–Trinajstić information content (AvgIpc) is 2.20. The van der Waals surface area contributed by atoms with Gasteiger partial charge in [0.05, 0.1) is 10.0 Å². The molecule has 1 N–H and O–H groups in total. The molecule has 0 fully saturated rings. The van der Waals surface area contributed by atoms with Crippen molar-refractivity contribution in [3.05, 3.63) is 33.8 Å². The van der Waals surface area contributed by atoms with Crippen molar-refractivity contribution < 1.29 is 4.79 Å². The fourth-order valence-corrected chi connectivity index (χ4v) is 2.06. The summed E-state index contributed by atoms with van der Waals surface area (Å²) in [4.78, 5) is 11.8. The smallest absolute Gasteiger partial charge is 0.251 e. The first-order valence-electron chi connectivity index (χ1n) is 5.30. The number of amides is 1. The number of carbonyl (C=O) groups excluding carboxylic acids is 1. The van der Waals surface area contributed by atoms with E-state index >= 15 is 0 Å². The first-order valence-corrected chi connectivity index (χ1v) is 6.49. The summed E-state index contributed by atoms with van der Waals surface area (Å²) in [6.45, 7) is 3.80. The van der Waals surface area contributed by atoms with Crippen molar-refractivity contribution in [1.82, 2.24) is 5.32 Å². The number of carbonyl (C=O) groups is 1. The van der Waals surface area contributed by atoms with Crippen molar-refractivity contribution in [3.8, 4) is 0 Å². The van der Waals surface area contributed by atoms with Crippen LogP contribution in [0.2, 0.25) is 10.0 Å².